The van der Waals surface area contributed by atoms with E-state index in [9.17, 15) is 0 Å². The molecule has 2 aromatic heterocycles. The fraction of sp³-hybridized carbons (Fsp3) is 0.0741. The zero-order valence-electron chi connectivity index (χ0n) is 31.6. The highest BCUT2D eigenvalue weighted by Gasteiger charge is 2.22. The molecular weight excluding hydrogens is 693 g/mol. The molecule has 0 amide bonds. The maximum atomic E-state index is 6.24. The summed E-state index contributed by atoms with van der Waals surface area (Å²) in [6.45, 7) is 0. The van der Waals surface area contributed by atoms with E-state index in [-0.39, 0.29) is 0 Å². The van der Waals surface area contributed by atoms with Crippen LogP contribution in [0.3, 0.4) is 0 Å². The van der Waals surface area contributed by atoms with Gasteiger partial charge in [-0.15, -0.1) is 0 Å². The van der Waals surface area contributed by atoms with Crippen molar-refractivity contribution in [3.63, 3.8) is 0 Å². The molecule has 0 aliphatic heterocycles. The number of hydrogen-bond acceptors (Lipinski definition) is 2. The molecule has 0 fully saturated rings. The van der Waals surface area contributed by atoms with Gasteiger partial charge in [-0.1, -0.05) is 133 Å². The molecule has 2 heterocycles. The summed E-state index contributed by atoms with van der Waals surface area (Å²) in [5.41, 5.74) is 16.9. The van der Waals surface area contributed by atoms with Gasteiger partial charge in [0.05, 0.1) is 11.0 Å². The van der Waals surface area contributed by atoms with Gasteiger partial charge in [0.15, 0.2) is 0 Å². The van der Waals surface area contributed by atoms with Gasteiger partial charge in [-0.05, 0) is 120 Å². The van der Waals surface area contributed by atoms with Crippen LogP contribution in [-0.2, 0) is 0 Å². The van der Waals surface area contributed by atoms with Gasteiger partial charge < -0.3 is 13.9 Å². The van der Waals surface area contributed by atoms with Crippen LogP contribution in [0.1, 0.15) is 25.7 Å². The largest absolute Gasteiger partial charge is 0.456 e. The van der Waals surface area contributed by atoms with Crippen molar-refractivity contribution in [1.29, 1.82) is 0 Å². The topological polar surface area (TPSA) is 21.3 Å². The van der Waals surface area contributed by atoms with Crippen molar-refractivity contribution < 1.29 is 4.42 Å². The van der Waals surface area contributed by atoms with E-state index < -0.39 is 0 Å². The molecule has 0 atom stereocenters. The normalized spacial score (nSPS) is 14.5. The summed E-state index contributed by atoms with van der Waals surface area (Å²) in [5.74, 6) is 0. The zero-order valence-corrected chi connectivity index (χ0v) is 31.6. The first kappa shape index (κ1) is 33.3. The molecule has 0 saturated carbocycles. The van der Waals surface area contributed by atoms with Crippen LogP contribution in [-0.4, -0.2) is 4.57 Å². The number of hydrogen-bond donors (Lipinski definition) is 0. The lowest BCUT2D eigenvalue weighted by Crippen LogP contribution is -2.18. The molecule has 272 valence electrons. The van der Waals surface area contributed by atoms with Crippen molar-refractivity contribution in [2.24, 2.45) is 0 Å². The van der Waals surface area contributed by atoms with E-state index in [1.54, 1.807) is 0 Å². The van der Waals surface area contributed by atoms with Gasteiger partial charge in [0, 0.05) is 44.3 Å². The third kappa shape index (κ3) is 5.82. The Morgan fingerprint density at radius 2 is 1.07 bits per heavy atom. The van der Waals surface area contributed by atoms with Gasteiger partial charge in [0.1, 0.15) is 11.2 Å². The molecule has 7 aromatic carbocycles. The van der Waals surface area contributed by atoms with Crippen LogP contribution in [0.25, 0.3) is 71.7 Å². The quantitative estimate of drug-likeness (QED) is 0.163. The number of rotatable bonds is 7. The third-order valence-corrected chi connectivity index (χ3v) is 11.8. The van der Waals surface area contributed by atoms with Crippen LogP contribution in [0.5, 0.6) is 0 Å². The summed E-state index contributed by atoms with van der Waals surface area (Å²) in [4.78, 5) is 2.44. The summed E-state index contributed by atoms with van der Waals surface area (Å²) < 4.78 is 8.69. The summed E-state index contributed by atoms with van der Waals surface area (Å²) in [6, 6.07) is 61.0. The van der Waals surface area contributed by atoms with E-state index in [2.05, 4.69) is 191 Å². The molecule has 3 heteroatoms. The Bertz CT molecular complexity index is 3040. The highest BCUT2D eigenvalue weighted by Crippen LogP contribution is 2.42. The van der Waals surface area contributed by atoms with Crippen LogP contribution in [0.15, 0.2) is 215 Å². The predicted molar refractivity (Wildman–Crippen MR) is 240 cm³/mol. The maximum Gasteiger partial charge on any atom is 0.136 e. The zero-order chi connectivity index (χ0) is 37.7. The highest BCUT2D eigenvalue weighted by atomic mass is 16.3. The second kappa shape index (κ2) is 13.9. The Hall–Kier alpha value is -7.10. The average Bonchev–Trinajstić information content (AvgIpc) is 3.84. The van der Waals surface area contributed by atoms with E-state index in [1.807, 2.05) is 12.1 Å². The van der Waals surface area contributed by atoms with Crippen molar-refractivity contribution >= 4 is 60.8 Å². The number of anilines is 2. The van der Waals surface area contributed by atoms with Gasteiger partial charge in [-0.25, -0.2) is 0 Å². The van der Waals surface area contributed by atoms with Crippen molar-refractivity contribution in [3.05, 3.63) is 211 Å². The number of aromatic nitrogens is 1. The van der Waals surface area contributed by atoms with E-state index >= 15 is 0 Å². The van der Waals surface area contributed by atoms with E-state index in [4.69, 9.17) is 4.42 Å². The second-order valence-electron chi connectivity index (χ2n) is 15.1. The van der Waals surface area contributed by atoms with Gasteiger partial charge >= 0.3 is 0 Å². The lowest BCUT2D eigenvalue weighted by atomic mass is 9.89. The molecule has 2 aliphatic rings. The minimum Gasteiger partial charge on any atom is -0.456 e. The number of furan rings is 1. The highest BCUT2D eigenvalue weighted by molar-refractivity contribution is 6.12. The van der Waals surface area contributed by atoms with Crippen LogP contribution in [0.4, 0.5) is 11.4 Å². The lowest BCUT2D eigenvalue weighted by molar-refractivity contribution is 0.669. The minimum absolute atomic E-state index is 0.915. The molecule has 3 nitrogen and oxygen atoms in total. The Labute approximate surface area is 332 Å². The Balaban J connectivity index is 0.962. The first-order chi connectivity index (χ1) is 28.3. The molecule has 0 saturated heterocycles. The summed E-state index contributed by atoms with van der Waals surface area (Å²) in [7, 11) is 0. The molecular formula is C54H40N2O. The summed E-state index contributed by atoms with van der Waals surface area (Å²) in [6.07, 6.45) is 13.6. The van der Waals surface area contributed by atoms with Gasteiger partial charge in [0.25, 0.3) is 0 Å². The van der Waals surface area contributed by atoms with E-state index in [0.717, 1.165) is 59.0 Å². The molecule has 0 unspecified atom stereocenters. The Morgan fingerprint density at radius 1 is 0.456 bits per heavy atom. The first-order valence-electron chi connectivity index (χ1n) is 20.0. The molecule has 2 aliphatic carbocycles. The van der Waals surface area contributed by atoms with Gasteiger partial charge in [-0.2, -0.15) is 0 Å². The van der Waals surface area contributed by atoms with Crippen LogP contribution in [0, 0.1) is 0 Å². The van der Waals surface area contributed by atoms with Crippen LogP contribution in [0.2, 0.25) is 0 Å². The molecule has 0 bridgehead atoms. The Kier molecular flexibility index (Phi) is 8.10. The number of nitrogens with zero attached hydrogens (tertiary/aromatic N) is 2. The monoisotopic (exact) mass is 732 g/mol. The predicted octanol–water partition coefficient (Wildman–Crippen LogP) is 15.0. The fourth-order valence-corrected chi connectivity index (χ4v) is 9.09. The summed E-state index contributed by atoms with van der Waals surface area (Å²) in [5, 5.41) is 4.91. The van der Waals surface area contributed by atoms with Crippen molar-refractivity contribution in [1.82, 2.24) is 4.57 Å². The van der Waals surface area contributed by atoms with Crippen LogP contribution < -0.4 is 4.90 Å². The number of allylic oxidation sites excluding steroid dienone is 8. The molecule has 0 spiro atoms. The molecule has 9 aromatic rings. The molecule has 11 rings (SSSR count). The molecule has 0 N–H and O–H groups in total. The minimum atomic E-state index is 0.915. The van der Waals surface area contributed by atoms with Crippen molar-refractivity contribution in [2.45, 2.75) is 25.7 Å². The van der Waals surface area contributed by atoms with Crippen LogP contribution >= 0.6 is 0 Å². The Morgan fingerprint density at radius 3 is 1.77 bits per heavy atom. The maximum absolute atomic E-state index is 6.24. The van der Waals surface area contributed by atoms with Crippen molar-refractivity contribution in [3.8, 4) is 22.3 Å². The number of para-hydroxylation sites is 3. The molecule has 57 heavy (non-hydrogen) atoms. The SMILES string of the molecule is C1=C(C2=CC=C(N(c3ccc(-c4ccccc4)cc3)c3ccc(-c4cccc5oc6ccccc6c45)cc3)CC2)CCC=C1n1c2ccccc2c2ccccc21. The second-order valence-corrected chi connectivity index (χ2v) is 15.1. The molecule has 0 radical (unpaired) electrons. The van der Waals surface area contributed by atoms with E-state index in [1.165, 1.54) is 66.6 Å². The summed E-state index contributed by atoms with van der Waals surface area (Å²) >= 11 is 0. The van der Waals surface area contributed by atoms with Gasteiger partial charge in [-0.3, -0.25) is 0 Å². The number of fused-ring (bicyclic) bond motifs is 6. The first-order valence-corrected chi connectivity index (χ1v) is 20.0. The van der Waals surface area contributed by atoms with Crippen molar-refractivity contribution in [2.75, 3.05) is 4.90 Å². The lowest BCUT2D eigenvalue weighted by Gasteiger charge is -2.31. The third-order valence-electron chi connectivity index (χ3n) is 11.8. The van der Waals surface area contributed by atoms with E-state index in [0.29, 0.717) is 0 Å². The standard InChI is InChI=1S/C54H40N2O/c1-2-12-37(13-3-1)38-24-30-42(31-25-38)55(44-34-28-40(29-35-44)46-19-11-23-53-54(46)49-18-6-9-22-52(49)57-53)43-32-26-39(27-33-43)41-14-10-15-45(36-41)56-50-20-7-4-16-47(50)48-17-5-8-21-51(48)56/h1-9,11-13,15-26,28-32,34-36H,10,14,27,33H2. The average molecular weight is 733 g/mol. The number of benzene rings is 7. The smallest absolute Gasteiger partial charge is 0.136 e. The van der Waals surface area contributed by atoms with Gasteiger partial charge in [0.2, 0.25) is 0 Å². The fourth-order valence-electron chi connectivity index (χ4n) is 9.09.